The monoisotopic (exact) mass is 281 g/mol. The Kier molecular flexibility index (Phi) is 4.66. The first-order valence-electron chi connectivity index (χ1n) is 6.62. The molecule has 4 N–H and O–H groups in total. The second-order valence-electron chi connectivity index (χ2n) is 5.15. The SMILES string of the molecule is NC(=O)CN(Cc1cc(Cl)ccc1N)C1CCCC1. The van der Waals surface area contributed by atoms with Crippen LogP contribution >= 0.6 is 11.6 Å². The number of amides is 1. The Balaban J connectivity index is 2.14. The van der Waals surface area contributed by atoms with Gasteiger partial charge in [-0.15, -0.1) is 0 Å². The molecule has 1 fully saturated rings. The summed E-state index contributed by atoms with van der Waals surface area (Å²) in [5.74, 6) is -0.299. The molecule has 1 aromatic rings. The molecule has 4 nitrogen and oxygen atoms in total. The fourth-order valence-electron chi connectivity index (χ4n) is 2.71. The summed E-state index contributed by atoms with van der Waals surface area (Å²) in [6, 6.07) is 5.86. The predicted molar refractivity (Wildman–Crippen MR) is 77.7 cm³/mol. The molecular weight excluding hydrogens is 262 g/mol. The van der Waals surface area contributed by atoms with E-state index >= 15 is 0 Å². The number of hydrogen-bond acceptors (Lipinski definition) is 3. The van der Waals surface area contributed by atoms with E-state index in [1.54, 1.807) is 12.1 Å². The van der Waals surface area contributed by atoms with Crippen LogP contribution in [0.3, 0.4) is 0 Å². The van der Waals surface area contributed by atoms with Crippen LogP contribution in [0.5, 0.6) is 0 Å². The van der Waals surface area contributed by atoms with Crippen molar-refractivity contribution in [1.29, 1.82) is 0 Å². The van der Waals surface area contributed by atoms with Gasteiger partial charge < -0.3 is 11.5 Å². The van der Waals surface area contributed by atoms with E-state index in [9.17, 15) is 4.79 Å². The zero-order chi connectivity index (χ0) is 13.8. The van der Waals surface area contributed by atoms with E-state index in [-0.39, 0.29) is 12.5 Å². The zero-order valence-corrected chi connectivity index (χ0v) is 11.7. The molecule has 0 saturated heterocycles. The lowest BCUT2D eigenvalue weighted by Gasteiger charge is -2.28. The standard InChI is InChI=1S/C14H20ClN3O/c15-11-5-6-13(16)10(7-11)8-18(9-14(17)19)12-3-1-2-4-12/h5-7,12H,1-4,8-9,16H2,(H2,17,19). The van der Waals surface area contributed by atoms with Crippen molar-refractivity contribution in [3.8, 4) is 0 Å². The van der Waals surface area contributed by atoms with Crippen molar-refractivity contribution in [3.63, 3.8) is 0 Å². The molecule has 0 aromatic heterocycles. The highest BCUT2D eigenvalue weighted by Gasteiger charge is 2.24. The molecule has 0 bridgehead atoms. The highest BCUT2D eigenvalue weighted by molar-refractivity contribution is 6.30. The number of carbonyl (C=O) groups is 1. The van der Waals surface area contributed by atoms with Crippen LogP contribution in [-0.4, -0.2) is 23.4 Å². The maximum atomic E-state index is 11.2. The summed E-state index contributed by atoms with van der Waals surface area (Å²) in [5.41, 5.74) is 13.0. The van der Waals surface area contributed by atoms with E-state index in [1.807, 2.05) is 6.07 Å². The van der Waals surface area contributed by atoms with E-state index in [0.29, 0.717) is 23.3 Å². The van der Waals surface area contributed by atoms with Crippen LogP contribution in [0.15, 0.2) is 18.2 Å². The first-order chi connectivity index (χ1) is 9.06. The summed E-state index contributed by atoms with van der Waals surface area (Å²) < 4.78 is 0. The lowest BCUT2D eigenvalue weighted by Crippen LogP contribution is -2.39. The van der Waals surface area contributed by atoms with Gasteiger partial charge in [-0.2, -0.15) is 0 Å². The molecule has 0 atom stereocenters. The third kappa shape index (κ3) is 3.85. The predicted octanol–water partition coefficient (Wildman–Crippen LogP) is 2.15. The van der Waals surface area contributed by atoms with Gasteiger partial charge in [-0.1, -0.05) is 24.4 Å². The fourth-order valence-corrected chi connectivity index (χ4v) is 2.91. The minimum absolute atomic E-state index is 0.274. The molecule has 1 aliphatic rings. The van der Waals surface area contributed by atoms with E-state index in [4.69, 9.17) is 23.1 Å². The molecule has 19 heavy (non-hydrogen) atoms. The molecule has 5 heteroatoms. The Morgan fingerprint density at radius 1 is 1.37 bits per heavy atom. The van der Waals surface area contributed by atoms with Crippen LogP contribution in [0.1, 0.15) is 31.2 Å². The van der Waals surface area contributed by atoms with E-state index in [0.717, 1.165) is 18.4 Å². The maximum Gasteiger partial charge on any atom is 0.231 e. The van der Waals surface area contributed by atoms with Crippen LogP contribution in [-0.2, 0) is 11.3 Å². The van der Waals surface area contributed by atoms with Crippen molar-refractivity contribution >= 4 is 23.2 Å². The number of primary amides is 1. The Hall–Kier alpha value is -1.26. The van der Waals surface area contributed by atoms with Crippen LogP contribution in [0, 0.1) is 0 Å². The number of hydrogen-bond donors (Lipinski definition) is 2. The lowest BCUT2D eigenvalue weighted by atomic mass is 10.1. The van der Waals surface area contributed by atoms with Gasteiger partial charge in [0.05, 0.1) is 6.54 Å². The summed E-state index contributed by atoms with van der Waals surface area (Å²) in [5, 5.41) is 0.662. The summed E-state index contributed by atoms with van der Waals surface area (Å²) >= 11 is 6.00. The lowest BCUT2D eigenvalue weighted by molar-refractivity contribution is -0.119. The van der Waals surface area contributed by atoms with Crippen molar-refractivity contribution in [2.24, 2.45) is 5.73 Å². The zero-order valence-electron chi connectivity index (χ0n) is 10.9. The van der Waals surface area contributed by atoms with Crippen LogP contribution in [0.25, 0.3) is 0 Å². The number of benzene rings is 1. The Morgan fingerprint density at radius 2 is 2.05 bits per heavy atom. The molecule has 1 aliphatic carbocycles. The number of anilines is 1. The summed E-state index contributed by atoms with van der Waals surface area (Å²) in [6.07, 6.45) is 4.66. The smallest absolute Gasteiger partial charge is 0.231 e. The number of nitrogens with two attached hydrogens (primary N) is 2. The van der Waals surface area contributed by atoms with Gasteiger partial charge in [-0.25, -0.2) is 0 Å². The molecule has 104 valence electrons. The molecule has 1 aromatic carbocycles. The molecule has 2 rings (SSSR count). The summed E-state index contributed by atoms with van der Waals surface area (Å²) in [6.45, 7) is 0.899. The van der Waals surface area contributed by atoms with E-state index < -0.39 is 0 Å². The third-order valence-electron chi connectivity index (χ3n) is 3.68. The minimum Gasteiger partial charge on any atom is -0.398 e. The molecule has 0 unspecified atom stereocenters. The van der Waals surface area contributed by atoms with Gasteiger partial charge in [-0.05, 0) is 36.6 Å². The van der Waals surface area contributed by atoms with Crippen LogP contribution < -0.4 is 11.5 Å². The van der Waals surface area contributed by atoms with Gasteiger partial charge in [-0.3, -0.25) is 9.69 Å². The number of rotatable bonds is 5. The second kappa shape index (κ2) is 6.26. The average molecular weight is 282 g/mol. The van der Waals surface area contributed by atoms with Gasteiger partial charge in [0, 0.05) is 23.3 Å². The van der Waals surface area contributed by atoms with Crippen molar-refractivity contribution in [2.75, 3.05) is 12.3 Å². The minimum atomic E-state index is -0.299. The molecule has 1 amide bonds. The summed E-state index contributed by atoms with van der Waals surface area (Å²) in [4.78, 5) is 13.4. The number of halogens is 1. The fraction of sp³-hybridized carbons (Fsp3) is 0.500. The maximum absolute atomic E-state index is 11.2. The van der Waals surface area contributed by atoms with Gasteiger partial charge >= 0.3 is 0 Å². The molecule has 0 aliphatic heterocycles. The van der Waals surface area contributed by atoms with Gasteiger partial charge in [0.2, 0.25) is 5.91 Å². The highest BCUT2D eigenvalue weighted by Crippen LogP contribution is 2.27. The molecule has 0 spiro atoms. The first-order valence-corrected chi connectivity index (χ1v) is 7.00. The Morgan fingerprint density at radius 3 is 2.68 bits per heavy atom. The summed E-state index contributed by atoms with van der Waals surface area (Å²) in [7, 11) is 0. The van der Waals surface area contributed by atoms with Crippen molar-refractivity contribution in [1.82, 2.24) is 4.90 Å². The molecular formula is C14H20ClN3O. The normalized spacial score (nSPS) is 16.1. The molecule has 0 radical (unpaired) electrons. The van der Waals surface area contributed by atoms with Crippen molar-refractivity contribution in [2.45, 2.75) is 38.3 Å². The van der Waals surface area contributed by atoms with Gasteiger partial charge in [0.1, 0.15) is 0 Å². The topological polar surface area (TPSA) is 72.4 Å². The van der Waals surface area contributed by atoms with Crippen molar-refractivity contribution in [3.05, 3.63) is 28.8 Å². The largest absolute Gasteiger partial charge is 0.398 e. The number of carbonyl (C=O) groups excluding carboxylic acids is 1. The Labute approximate surface area is 118 Å². The number of nitrogens with zero attached hydrogens (tertiary/aromatic N) is 1. The van der Waals surface area contributed by atoms with Crippen molar-refractivity contribution < 1.29 is 4.79 Å². The van der Waals surface area contributed by atoms with Crippen LogP contribution in [0.2, 0.25) is 5.02 Å². The Bertz CT molecular complexity index is 458. The second-order valence-corrected chi connectivity index (χ2v) is 5.59. The van der Waals surface area contributed by atoms with Crippen LogP contribution in [0.4, 0.5) is 5.69 Å². The third-order valence-corrected chi connectivity index (χ3v) is 3.91. The highest BCUT2D eigenvalue weighted by atomic mass is 35.5. The average Bonchev–Trinajstić information content (AvgIpc) is 2.86. The first kappa shape index (κ1) is 14.2. The van der Waals surface area contributed by atoms with E-state index in [2.05, 4.69) is 4.90 Å². The molecule has 1 saturated carbocycles. The van der Waals surface area contributed by atoms with E-state index in [1.165, 1.54) is 12.8 Å². The quantitative estimate of drug-likeness (QED) is 0.812. The van der Waals surface area contributed by atoms with Gasteiger partial charge in [0.15, 0.2) is 0 Å². The van der Waals surface area contributed by atoms with Gasteiger partial charge in [0.25, 0.3) is 0 Å². The number of nitrogen functional groups attached to an aromatic ring is 1. The molecule has 0 heterocycles.